The van der Waals surface area contributed by atoms with Crippen molar-refractivity contribution in [1.82, 2.24) is 4.31 Å². The average Bonchev–Trinajstić information content (AvgIpc) is 2.82. The molecule has 0 saturated carbocycles. The summed E-state index contributed by atoms with van der Waals surface area (Å²) >= 11 is 0. The molecule has 0 N–H and O–H groups in total. The Labute approximate surface area is 185 Å². The number of Topliss-reactive ketones (excluding diaryl/α,β-unsaturated/α-hetero) is 1. The topological polar surface area (TPSA) is 108 Å². The summed E-state index contributed by atoms with van der Waals surface area (Å²) < 4.78 is 48.6. The molecular formula is C22H23NO8S. The molecule has 2 heterocycles. The van der Waals surface area contributed by atoms with Crippen molar-refractivity contribution in [1.29, 1.82) is 0 Å². The first-order valence-corrected chi connectivity index (χ1v) is 11.6. The largest absolute Gasteiger partial charge is 0.486 e. The smallest absolute Gasteiger partial charge is 0.338 e. The summed E-state index contributed by atoms with van der Waals surface area (Å²) in [6, 6.07) is 9.06. The van der Waals surface area contributed by atoms with E-state index in [0.29, 0.717) is 49.1 Å². The van der Waals surface area contributed by atoms with Crippen LogP contribution >= 0.6 is 0 Å². The van der Waals surface area contributed by atoms with Crippen LogP contribution in [0, 0.1) is 6.92 Å². The number of hydrogen-bond donors (Lipinski definition) is 0. The highest BCUT2D eigenvalue weighted by atomic mass is 32.2. The minimum absolute atomic E-state index is 0.0343. The summed E-state index contributed by atoms with van der Waals surface area (Å²) in [5, 5.41) is 0. The summed E-state index contributed by atoms with van der Waals surface area (Å²) in [7, 11) is -3.78. The van der Waals surface area contributed by atoms with Gasteiger partial charge in [0, 0.05) is 18.7 Å². The molecule has 10 heteroatoms. The molecule has 0 amide bonds. The fourth-order valence-electron chi connectivity index (χ4n) is 3.45. The molecule has 0 aliphatic carbocycles. The van der Waals surface area contributed by atoms with E-state index >= 15 is 0 Å². The van der Waals surface area contributed by atoms with Crippen LogP contribution in [0.4, 0.5) is 0 Å². The zero-order valence-corrected chi connectivity index (χ0v) is 18.4. The number of esters is 1. The van der Waals surface area contributed by atoms with Gasteiger partial charge >= 0.3 is 5.97 Å². The Bertz CT molecular complexity index is 1140. The van der Waals surface area contributed by atoms with Gasteiger partial charge in [0.15, 0.2) is 23.9 Å². The molecule has 9 nitrogen and oxygen atoms in total. The van der Waals surface area contributed by atoms with Gasteiger partial charge in [-0.15, -0.1) is 0 Å². The highest BCUT2D eigenvalue weighted by Gasteiger charge is 2.28. The lowest BCUT2D eigenvalue weighted by Crippen LogP contribution is -2.40. The Morgan fingerprint density at radius 2 is 1.62 bits per heavy atom. The van der Waals surface area contributed by atoms with E-state index in [1.807, 2.05) is 0 Å². The van der Waals surface area contributed by atoms with Crippen molar-refractivity contribution in [3.05, 3.63) is 53.1 Å². The number of ketones is 1. The Hall–Kier alpha value is -2.95. The number of fused-ring (bicyclic) bond motifs is 1. The van der Waals surface area contributed by atoms with E-state index < -0.39 is 28.4 Å². The second-order valence-electron chi connectivity index (χ2n) is 7.35. The highest BCUT2D eigenvalue weighted by Crippen LogP contribution is 2.31. The molecule has 0 radical (unpaired) electrons. The van der Waals surface area contributed by atoms with Gasteiger partial charge in [-0.05, 0) is 42.8 Å². The Morgan fingerprint density at radius 1 is 0.938 bits per heavy atom. The van der Waals surface area contributed by atoms with Crippen LogP contribution in [0.15, 0.2) is 41.3 Å². The first-order chi connectivity index (χ1) is 15.4. The number of nitrogens with zero attached hydrogens (tertiary/aromatic N) is 1. The zero-order chi connectivity index (χ0) is 22.7. The molecule has 0 aromatic heterocycles. The summed E-state index contributed by atoms with van der Waals surface area (Å²) in [4.78, 5) is 25.0. The van der Waals surface area contributed by atoms with Crippen molar-refractivity contribution in [2.45, 2.75) is 11.8 Å². The third-order valence-corrected chi connectivity index (χ3v) is 7.25. The minimum atomic E-state index is -3.78. The van der Waals surface area contributed by atoms with Crippen LogP contribution in [0.1, 0.15) is 26.3 Å². The van der Waals surface area contributed by atoms with Gasteiger partial charge in [0.2, 0.25) is 10.0 Å². The number of ether oxygens (including phenoxy) is 4. The molecule has 0 bridgehead atoms. The lowest BCUT2D eigenvalue weighted by molar-refractivity contribution is 0.0474. The molecule has 2 aliphatic rings. The first kappa shape index (κ1) is 22.3. The van der Waals surface area contributed by atoms with E-state index in [1.54, 1.807) is 31.2 Å². The maximum Gasteiger partial charge on any atom is 0.338 e. The van der Waals surface area contributed by atoms with Gasteiger partial charge in [0.05, 0.1) is 23.7 Å². The van der Waals surface area contributed by atoms with Gasteiger partial charge in [-0.2, -0.15) is 4.31 Å². The maximum absolute atomic E-state index is 13.0. The molecule has 0 atom stereocenters. The molecule has 2 aliphatic heterocycles. The first-order valence-electron chi connectivity index (χ1n) is 10.1. The van der Waals surface area contributed by atoms with Crippen LogP contribution in [0.25, 0.3) is 0 Å². The Kier molecular flexibility index (Phi) is 6.45. The van der Waals surface area contributed by atoms with Crippen molar-refractivity contribution in [2.75, 3.05) is 46.1 Å². The quantitative estimate of drug-likeness (QED) is 0.474. The fourth-order valence-corrected chi connectivity index (χ4v) is 5.10. The molecule has 32 heavy (non-hydrogen) atoms. The summed E-state index contributed by atoms with van der Waals surface area (Å²) in [6.07, 6.45) is 0. The zero-order valence-electron chi connectivity index (χ0n) is 17.5. The standard InChI is InChI=1S/C22H23NO8S/c1-15-2-3-17(13-21(15)32(26,27)23-6-8-28-9-7-23)22(25)31-14-18(24)16-4-5-19-20(12-16)30-11-10-29-19/h2-5,12-13H,6-11,14H2,1H3. The fraction of sp³-hybridized carbons (Fsp3) is 0.364. The molecule has 1 fully saturated rings. The van der Waals surface area contributed by atoms with Crippen molar-refractivity contribution < 1.29 is 37.0 Å². The van der Waals surface area contributed by atoms with Crippen molar-refractivity contribution in [3.63, 3.8) is 0 Å². The third kappa shape index (κ3) is 4.62. The van der Waals surface area contributed by atoms with Gasteiger partial charge in [0.25, 0.3) is 0 Å². The Morgan fingerprint density at radius 3 is 2.38 bits per heavy atom. The van der Waals surface area contributed by atoms with E-state index in [0.717, 1.165) is 0 Å². The second kappa shape index (κ2) is 9.27. The second-order valence-corrected chi connectivity index (χ2v) is 9.26. The van der Waals surface area contributed by atoms with Gasteiger partial charge in [-0.3, -0.25) is 4.79 Å². The van der Waals surface area contributed by atoms with Crippen LogP contribution in [-0.2, 0) is 19.5 Å². The van der Waals surface area contributed by atoms with E-state index in [-0.39, 0.29) is 23.5 Å². The van der Waals surface area contributed by atoms with Crippen LogP contribution in [0.2, 0.25) is 0 Å². The number of hydrogen-bond acceptors (Lipinski definition) is 8. The average molecular weight is 461 g/mol. The molecule has 0 unspecified atom stereocenters. The van der Waals surface area contributed by atoms with Gasteiger partial charge < -0.3 is 18.9 Å². The van der Waals surface area contributed by atoms with Crippen LogP contribution in [-0.4, -0.2) is 70.6 Å². The number of aryl methyl sites for hydroxylation is 1. The molecule has 2 aromatic rings. The van der Waals surface area contributed by atoms with Gasteiger partial charge in [-0.25, -0.2) is 13.2 Å². The number of morpholine rings is 1. The van der Waals surface area contributed by atoms with Crippen LogP contribution in [0.5, 0.6) is 11.5 Å². The van der Waals surface area contributed by atoms with Crippen molar-refractivity contribution in [3.8, 4) is 11.5 Å². The summed E-state index contributed by atoms with van der Waals surface area (Å²) in [5.74, 6) is -0.179. The highest BCUT2D eigenvalue weighted by molar-refractivity contribution is 7.89. The third-order valence-electron chi connectivity index (χ3n) is 5.21. The lowest BCUT2D eigenvalue weighted by Gasteiger charge is -2.26. The molecule has 2 aromatic carbocycles. The normalized spacial score (nSPS) is 16.4. The van der Waals surface area contributed by atoms with Gasteiger partial charge in [-0.1, -0.05) is 6.07 Å². The summed E-state index contributed by atoms with van der Waals surface area (Å²) in [5.41, 5.74) is 0.888. The minimum Gasteiger partial charge on any atom is -0.486 e. The van der Waals surface area contributed by atoms with Crippen LogP contribution < -0.4 is 9.47 Å². The molecule has 0 spiro atoms. The Balaban J connectivity index is 1.45. The van der Waals surface area contributed by atoms with Crippen LogP contribution in [0.3, 0.4) is 0 Å². The predicted molar refractivity (Wildman–Crippen MR) is 113 cm³/mol. The molecule has 1 saturated heterocycles. The van der Waals surface area contributed by atoms with E-state index in [9.17, 15) is 18.0 Å². The number of sulfonamides is 1. The SMILES string of the molecule is Cc1ccc(C(=O)OCC(=O)c2ccc3c(c2)OCCO3)cc1S(=O)(=O)N1CCOCC1. The number of carbonyl (C=O) groups excluding carboxylic acids is 2. The number of benzene rings is 2. The van der Waals surface area contributed by atoms with Crippen molar-refractivity contribution in [2.24, 2.45) is 0 Å². The molecule has 4 rings (SSSR count). The lowest BCUT2D eigenvalue weighted by atomic mass is 10.1. The monoisotopic (exact) mass is 461 g/mol. The number of rotatable bonds is 6. The van der Waals surface area contributed by atoms with E-state index in [4.69, 9.17) is 18.9 Å². The predicted octanol–water partition coefficient (Wildman–Crippen LogP) is 1.83. The number of carbonyl (C=O) groups is 2. The molecule has 170 valence electrons. The maximum atomic E-state index is 13.0. The van der Waals surface area contributed by atoms with Gasteiger partial charge in [0.1, 0.15) is 13.2 Å². The van der Waals surface area contributed by atoms with Crippen molar-refractivity contribution >= 4 is 21.8 Å². The van der Waals surface area contributed by atoms with E-state index in [1.165, 1.54) is 16.4 Å². The summed E-state index contributed by atoms with van der Waals surface area (Å²) in [6.45, 7) is 3.15. The van der Waals surface area contributed by atoms with E-state index in [2.05, 4.69) is 0 Å². The molecular weight excluding hydrogens is 438 g/mol.